The molecular formula is C18H21ClN2O. The molecule has 0 aliphatic heterocycles. The lowest BCUT2D eigenvalue weighted by molar-refractivity contribution is -0.121. The zero-order chi connectivity index (χ0) is 15.8. The zero-order valence-electron chi connectivity index (χ0n) is 12.7. The highest BCUT2D eigenvalue weighted by Crippen LogP contribution is 2.23. The largest absolute Gasteiger partial charge is 0.349 e. The number of nitrogens with one attached hydrogen (secondary N) is 2. The van der Waals surface area contributed by atoms with E-state index in [0.717, 1.165) is 16.1 Å². The van der Waals surface area contributed by atoms with Crippen LogP contribution >= 0.6 is 11.6 Å². The van der Waals surface area contributed by atoms with Crippen molar-refractivity contribution in [1.82, 2.24) is 10.6 Å². The molecule has 0 saturated carbocycles. The highest BCUT2D eigenvalue weighted by atomic mass is 35.5. The number of amides is 1. The Labute approximate surface area is 136 Å². The van der Waals surface area contributed by atoms with Gasteiger partial charge in [0.05, 0.1) is 6.04 Å². The maximum atomic E-state index is 12.1. The van der Waals surface area contributed by atoms with E-state index < -0.39 is 0 Å². The molecule has 0 fully saturated rings. The van der Waals surface area contributed by atoms with Gasteiger partial charge in [-0.1, -0.05) is 60.1 Å². The molecule has 0 heterocycles. The second-order valence-electron chi connectivity index (χ2n) is 5.18. The summed E-state index contributed by atoms with van der Waals surface area (Å²) in [6, 6.07) is 17.7. The van der Waals surface area contributed by atoms with Gasteiger partial charge in [-0.2, -0.15) is 0 Å². The molecule has 2 aromatic rings. The summed E-state index contributed by atoms with van der Waals surface area (Å²) in [5, 5.41) is 6.82. The number of rotatable bonds is 7. The molecule has 3 nitrogen and oxygen atoms in total. The number of carbonyl (C=O) groups excluding carboxylic acids is 1. The highest BCUT2D eigenvalue weighted by Gasteiger charge is 2.16. The lowest BCUT2D eigenvalue weighted by atomic mass is 9.98. The molecule has 0 spiro atoms. The topological polar surface area (TPSA) is 41.1 Å². The van der Waals surface area contributed by atoms with Crippen LogP contribution in [0, 0.1) is 0 Å². The van der Waals surface area contributed by atoms with Crippen LogP contribution in [0.3, 0.4) is 0 Å². The Kier molecular flexibility index (Phi) is 6.44. The van der Waals surface area contributed by atoms with Crippen LogP contribution in [-0.2, 0) is 11.2 Å². The van der Waals surface area contributed by atoms with Gasteiger partial charge in [-0.15, -0.1) is 0 Å². The quantitative estimate of drug-likeness (QED) is 0.822. The Bertz CT molecular complexity index is 601. The number of hydrogen-bond donors (Lipinski definition) is 2. The number of carbonyl (C=O) groups is 1. The molecule has 2 N–H and O–H groups in total. The van der Waals surface area contributed by atoms with Crippen LogP contribution in [0.4, 0.5) is 0 Å². The summed E-state index contributed by atoms with van der Waals surface area (Å²) in [5.41, 5.74) is 2.12. The fourth-order valence-electron chi connectivity index (χ4n) is 2.33. The second kappa shape index (κ2) is 8.57. The SMILES string of the molecule is CNCCC(=O)NC(Cc1ccccc1Cl)c1ccccc1. The molecule has 2 rings (SSSR count). The van der Waals surface area contributed by atoms with Crippen molar-refractivity contribution >= 4 is 17.5 Å². The van der Waals surface area contributed by atoms with Crippen molar-refractivity contribution in [2.24, 2.45) is 0 Å². The van der Waals surface area contributed by atoms with E-state index >= 15 is 0 Å². The van der Waals surface area contributed by atoms with Crippen molar-refractivity contribution in [3.63, 3.8) is 0 Å². The summed E-state index contributed by atoms with van der Waals surface area (Å²) in [6.07, 6.45) is 1.14. The van der Waals surface area contributed by atoms with Crippen LogP contribution in [0.5, 0.6) is 0 Å². The number of benzene rings is 2. The Balaban J connectivity index is 2.15. The Morgan fingerprint density at radius 2 is 1.77 bits per heavy atom. The van der Waals surface area contributed by atoms with E-state index in [4.69, 9.17) is 11.6 Å². The third kappa shape index (κ3) is 4.86. The monoisotopic (exact) mass is 316 g/mol. The van der Waals surface area contributed by atoms with Crippen LogP contribution in [0.25, 0.3) is 0 Å². The van der Waals surface area contributed by atoms with Gasteiger partial charge in [0.15, 0.2) is 0 Å². The first-order chi connectivity index (χ1) is 10.7. The number of halogens is 1. The summed E-state index contributed by atoms with van der Waals surface area (Å²) in [4.78, 5) is 12.1. The first kappa shape index (κ1) is 16.5. The van der Waals surface area contributed by atoms with Gasteiger partial charge in [0.1, 0.15) is 0 Å². The third-order valence-corrected chi connectivity index (χ3v) is 3.89. The first-order valence-electron chi connectivity index (χ1n) is 7.43. The molecule has 0 aliphatic rings. The Morgan fingerprint density at radius 1 is 1.09 bits per heavy atom. The predicted molar refractivity (Wildman–Crippen MR) is 91.0 cm³/mol. The van der Waals surface area contributed by atoms with Gasteiger partial charge in [0.2, 0.25) is 5.91 Å². The Hall–Kier alpha value is -1.84. The van der Waals surface area contributed by atoms with Gasteiger partial charge in [-0.25, -0.2) is 0 Å². The van der Waals surface area contributed by atoms with Crippen molar-refractivity contribution in [2.45, 2.75) is 18.9 Å². The summed E-state index contributed by atoms with van der Waals surface area (Å²) >= 11 is 6.25. The molecule has 1 atom stereocenters. The summed E-state index contributed by atoms with van der Waals surface area (Å²) in [6.45, 7) is 0.666. The lowest BCUT2D eigenvalue weighted by Crippen LogP contribution is -2.31. The first-order valence-corrected chi connectivity index (χ1v) is 7.81. The summed E-state index contributed by atoms with van der Waals surface area (Å²) in [5.74, 6) is 0.0373. The van der Waals surface area contributed by atoms with Crippen molar-refractivity contribution in [1.29, 1.82) is 0 Å². The standard InChI is InChI=1S/C18H21ClN2O/c1-20-12-11-18(22)21-17(14-7-3-2-4-8-14)13-15-9-5-6-10-16(15)19/h2-10,17,20H,11-13H2,1H3,(H,21,22). The van der Waals surface area contributed by atoms with Crippen molar-refractivity contribution < 1.29 is 4.79 Å². The minimum absolute atomic E-state index is 0.0373. The highest BCUT2D eigenvalue weighted by molar-refractivity contribution is 6.31. The van der Waals surface area contributed by atoms with E-state index in [1.807, 2.05) is 61.6 Å². The van der Waals surface area contributed by atoms with E-state index in [1.54, 1.807) is 0 Å². The molecule has 0 aromatic heterocycles. The molecule has 0 saturated heterocycles. The maximum absolute atomic E-state index is 12.1. The van der Waals surface area contributed by atoms with E-state index in [1.165, 1.54) is 0 Å². The van der Waals surface area contributed by atoms with E-state index in [-0.39, 0.29) is 11.9 Å². The van der Waals surface area contributed by atoms with Gasteiger partial charge in [0.25, 0.3) is 0 Å². The van der Waals surface area contributed by atoms with E-state index in [0.29, 0.717) is 19.4 Å². The molecular weight excluding hydrogens is 296 g/mol. The van der Waals surface area contributed by atoms with Crippen molar-refractivity contribution in [2.75, 3.05) is 13.6 Å². The normalized spacial score (nSPS) is 11.9. The molecule has 1 unspecified atom stereocenters. The fourth-order valence-corrected chi connectivity index (χ4v) is 2.54. The molecule has 0 radical (unpaired) electrons. The van der Waals surface area contributed by atoms with Gasteiger partial charge in [0, 0.05) is 18.0 Å². The van der Waals surface area contributed by atoms with E-state index in [2.05, 4.69) is 10.6 Å². The molecule has 1 amide bonds. The van der Waals surface area contributed by atoms with Crippen molar-refractivity contribution in [3.8, 4) is 0 Å². The van der Waals surface area contributed by atoms with Crippen LogP contribution in [0.2, 0.25) is 5.02 Å². The van der Waals surface area contributed by atoms with E-state index in [9.17, 15) is 4.79 Å². The minimum Gasteiger partial charge on any atom is -0.349 e. The van der Waals surface area contributed by atoms with Gasteiger partial charge in [-0.3, -0.25) is 4.79 Å². The summed E-state index contributed by atoms with van der Waals surface area (Å²) < 4.78 is 0. The molecule has 2 aromatic carbocycles. The zero-order valence-corrected chi connectivity index (χ0v) is 13.4. The Morgan fingerprint density at radius 3 is 2.45 bits per heavy atom. The molecule has 0 bridgehead atoms. The van der Waals surface area contributed by atoms with Crippen LogP contribution in [-0.4, -0.2) is 19.5 Å². The van der Waals surface area contributed by atoms with Crippen LogP contribution in [0.1, 0.15) is 23.6 Å². The minimum atomic E-state index is -0.0783. The average Bonchev–Trinajstić information content (AvgIpc) is 2.55. The smallest absolute Gasteiger partial charge is 0.221 e. The third-order valence-electron chi connectivity index (χ3n) is 3.52. The molecule has 22 heavy (non-hydrogen) atoms. The fraction of sp³-hybridized carbons (Fsp3) is 0.278. The van der Waals surface area contributed by atoms with Gasteiger partial charge in [-0.05, 0) is 30.7 Å². The second-order valence-corrected chi connectivity index (χ2v) is 5.59. The lowest BCUT2D eigenvalue weighted by Gasteiger charge is -2.20. The van der Waals surface area contributed by atoms with Crippen molar-refractivity contribution in [3.05, 3.63) is 70.7 Å². The molecule has 4 heteroatoms. The van der Waals surface area contributed by atoms with Gasteiger partial charge < -0.3 is 10.6 Å². The van der Waals surface area contributed by atoms with Crippen LogP contribution < -0.4 is 10.6 Å². The molecule has 116 valence electrons. The maximum Gasteiger partial charge on any atom is 0.221 e. The average molecular weight is 317 g/mol. The molecule has 0 aliphatic carbocycles. The predicted octanol–water partition coefficient (Wildman–Crippen LogP) is 3.35. The number of hydrogen-bond acceptors (Lipinski definition) is 2. The van der Waals surface area contributed by atoms with Crippen LogP contribution in [0.15, 0.2) is 54.6 Å². The summed E-state index contributed by atoms with van der Waals surface area (Å²) in [7, 11) is 1.84. The van der Waals surface area contributed by atoms with Gasteiger partial charge >= 0.3 is 0 Å².